The van der Waals surface area contributed by atoms with Gasteiger partial charge in [-0.25, -0.2) is 0 Å². The molecule has 1 aliphatic rings. The molecule has 1 aliphatic heterocycles. The molecule has 0 aromatic carbocycles. The predicted molar refractivity (Wildman–Crippen MR) is 81.7 cm³/mol. The van der Waals surface area contributed by atoms with Gasteiger partial charge in [0.15, 0.2) is 0 Å². The van der Waals surface area contributed by atoms with E-state index in [1.807, 2.05) is 20.0 Å². The highest BCUT2D eigenvalue weighted by atomic mass is 16.5. The van der Waals surface area contributed by atoms with E-state index in [4.69, 9.17) is 4.74 Å². The molecule has 1 saturated heterocycles. The highest BCUT2D eigenvalue weighted by Crippen LogP contribution is 2.29. The van der Waals surface area contributed by atoms with Crippen molar-refractivity contribution in [2.45, 2.75) is 26.8 Å². The lowest BCUT2D eigenvalue weighted by Gasteiger charge is -2.33. The first kappa shape index (κ1) is 15.4. The lowest BCUT2D eigenvalue weighted by atomic mass is 9.86. The van der Waals surface area contributed by atoms with Crippen LogP contribution in [0.1, 0.15) is 24.7 Å². The van der Waals surface area contributed by atoms with E-state index in [-0.39, 0.29) is 5.41 Å². The van der Waals surface area contributed by atoms with Crippen molar-refractivity contribution >= 4 is 0 Å². The van der Waals surface area contributed by atoms with Gasteiger partial charge in [-0.3, -0.25) is 9.88 Å². The molecule has 0 radical (unpaired) electrons. The number of pyridine rings is 1. The molecule has 1 aromatic rings. The maximum absolute atomic E-state index is 5.65. The van der Waals surface area contributed by atoms with Crippen LogP contribution < -0.4 is 5.32 Å². The topological polar surface area (TPSA) is 37.4 Å². The fourth-order valence-corrected chi connectivity index (χ4v) is 3.02. The molecule has 4 nitrogen and oxygen atoms in total. The molecule has 4 heteroatoms. The zero-order valence-corrected chi connectivity index (χ0v) is 13.0. The number of nitrogens with one attached hydrogen (secondary N) is 1. The molecule has 2 heterocycles. The van der Waals surface area contributed by atoms with Crippen LogP contribution in [0.4, 0.5) is 0 Å². The number of aromatic nitrogens is 1. The lowest BCUT2D eigenvalue weighted by molar-refractivity contribution is 0.108. The maximum atomic E-state index is 5.65. The first-order valence-electron chi connectivity index (χ1n) is 7.55. The van der Waals surface area contributed by atoms with Gasteiger partial charge in [0, 0.05) is 37.4 Å². The summed E-state index contributed by atoms with van der Waals surface area (Å²) in [6.07, 6.45) is 1.14. The molecule has 2 rings (SSSR count). The number of aryl methyl sites for hydroxylation is 1. The van der Waals surface area contributed by atoms with E-state index in [1.54, 1.807) is 0 Å². The van der Waals surface area contributed by atoms with Gasteiger partial charge in [0.1, 0.15) is 0 Å². The van der Waals surface area contributed by atoms with Gasteiger partial charge in [-0.15, -0.1) is 0 Å². The summed E-state index contributed by atoms with van der Waals surface area (Å²) in [6.45, 7) is 10.1. The van der Waals surface area contributed by atoms with E-state index < -0.39 is 0 Å². The van der Waals surface area contributed by atoms with E-state index in [2.05, 4.69) is 34.3 Å². The first-order valence-corrected chi connectivity index (χ1v) is 7.55. The molecule has 0 bridgehead atoms. The van der Waals surface area contributed by atoms with E-state index in [0.717, 1.165) is 57.2 Å². The first-order chi connectivity index (χ1) is 9.67. The minimum absolute atomic E-state index is 0.259. The molecule has 20 heavy (non-hydrogen) atoms. The Balaban J connectivity index is 2.00. The van der Waals surface area contributed by atoms with Crippen molar-refractivity contribution in [3.8, 4) is 0 Å². The van der Waals surface area contributed by atoms with Crippen molar-refractivity contribution in [3.05, 3.63) is 29.6 Å². The van der Waals surface area contributed by atoms with Crippen LogP contribution in [0.25, 0.3) is 0 Å². The Morgan fingerprint density at radius 3 is 2.90 bits per heavy atom. The Kier molecular flexibility index (Phi) is 5.52. The van der Waals surface area contributed by atoms with Crippen LogP contribution in [0, 0.1) is 12.3 Å². The van der Waals surface area contributed by atoms with E-state index in [1.165, 1.54) is 0 Å². The van der Waals surface area contributed by atoms with Crippen LogP contribution in [0.5, 0.6) is 0 Å². The van der Waals surface area contributed by atoms with Crippen molar-refractivity contribution in [3.63, 3.8) is 0 Å². The summed E-state index contributed by atoms with van der Waals surface area (Å²) >= 11 is 0. The fraction of sp³-hybridized carbons (Fsp3) is 0.688. The smallest absolute Gasteiger partial charge is 0.0547 e. The zero-order valence-electron chi connectivity index (χ0n) is 13.0. The van der Waals surface area contributed by atoms with Crippen LogP contribution in [0.3, 0.4) is 0 Å². The molecule has 0 amide bonds. The molecule has 112 valence electrons. The Hall–Kier alpha value is -0.970. The van der Waals surface area contributed by atoms with E-state index in [0.29, 0.717) is 0 Å². The standard InChI is InChI=1S/C16H27N3O/c1-4-19(10-15-7-5-6-14(2)18-15)12-16(11-17-3)8-9-20-13-16/h5-7,17H,4,8-13H2,1-3H3. The quantitative estimate of drug-likeness (QED) is 0.825. The second-order valence-electron chi connectivity index (χ2n) is 5.91. The van der Waals surface area contributed by atoms with Gasteiger partial charge in [0.2, 0.25) is 0 Å². The average Bonchev–Trinajstić information content (AvgIpc) is 2.87. The van der Waals surface area contributed by atoms with Crippen LogP contribution in [-0.4, -0.2) is 49.8 Å². The SMILES string of the molecule is CCN(Cc1cccc(C)n1)CC1(CNC)CCOC1. The summed E-state index contributed by atoms with van der Waals surface area (Å²) in [4.78, 5) is 7.10. The lowest BCUT2D eigenvalue weighted by Crippen LogP contribution is -2.43. The Morgan fingerprint density at radius 1 is 1.45 bits per heavy atom. The molecule has 1 N–H and O–H groups in total. The third-order valence-electron chi connectivity index (χ3n) is 4.07. The highest BCUT2D eigenvalue weighted by molar-refractivity contribution is 5.10. The summed E-state index contributed by atoms with van der Waals surface area (Å²) < 4.78 is 5.65. The zero-order chi connectivity index (χ0) is 14.4. The van der Waals surface area contributed by atoms with Crippen molar-refractivity contribution in [2.24, 2.45) is 5.41 Å². The molecule has 1 aromatic heterocycles. The number of hydrogen-bond acceptors (Lipinski definition) is 4. The van der Waals surface area contributed by atoms with Gasteiger partial charge in [-0.1, -0.05) is 13.0 Å². The third kappa shape index (κ3) is 4.01. The van der Waals surface area contributed by atoms with Gasteiger partial charge >= 0.3 is 0 Å². The largest absolute Gasteiger partial charge is 0.381 e. The molecule has 0 spiro atoms. The summed E-state index contributed by atoms with van der Waals surface area (Å²) in [6, 6.07) is 6.26. The third-order valence-corrected chi connectivity index (χ3v) is 4.07. The predicted octanol–water partition coefficient (Wildman–Crippen LogP) is 1.84. The number of rotatable bonds is 7. The Bertz CT molecular complexity index is 416. The van der Waals surface area contributed by atoms with Gasteiger partial charge in [-0.2, -0.15) is 0 Å². The maximum Gasteiger partial charge on any atom is 0.0547 e. The molecule has 1 fully saturated rings. The summed E-state index contributed by atoms with van der Waals surface area (Å²) in [5, 5.41) is 3.33. The number of nitrogens with zero attached hydrogens (tertiary/aromatic N) is 2. The van der Waals surface area contributed by atoms with Gasteiger partial charge in [-0.05, 0) is 39.1 Å². The second kappa shape index (κ2) is 7.16. The molecular formula is C16H27N3O. The Labute approximate surface area is 122 Å². The van der Waals surface area contributed by atoms with Crippen molar-refractivity contribution in [2.75, 3.05) is 39.9 Å². The molecule has 1 atom stereocenters. The van der Waals surface area contributed by atoms with Crippen LogP contribution in [-0.2, 0) is 11.3 Å². The number of hydrogen-bond donors (Lipinski definition) is 1. The number of ether oxygens (including phenoxy) is 1. The van der Waals surface area contributed by atoms with Crippen molar-refractivity contribution in [1.29, 1.82) is 0 Å². The molecule has 0 aliphatic carbocycles. The molecule has 0 saturated carbocycles. The average molecular weight is 277 g/mol. The summed E-state index contributed by atoms with van der Waals surface area (Å²) in [5.74, 6) is 0. The second-order valence-corrected chi connectivity index (χ2v) is 5.91. The van der Waals surface area contributed by atoms with Crippen LogP contribution in [0.15, 0.2) is 18.2 Å². The van der Waals surface area contributed by atoms with E-state index >= 15 is 0 Å². The van der Waals surface area contributed by atoms with Crippen molar-refractivity contribution in [1.82, 2.24) is 15.2 Å². The van der Waals surface area contributed by atoms with Gasteiger partial charge < -0.3 is 10.1 Å². The highest BCUT2D eigenvalue weighted by Gasteiger charge is 2.35. The minimum Gasteiger partial charge on any atom is -0.381 e. The normalized spacial score (nSPS) is 22.6. The summed E-state index contributed by atoms with van der Waals surface area (Å²) in [7, 11) is 2.03. The van der Waals surface area contributed by atoms with Crippen LogP contribution >= 0.6 is 0 Å². The molecule has 1 unspecified atom stereocenters. The minimum atomic E-state index is 0.259. The summed E-state index contributed by atoms with van der Waals surface area (Å²) in [5.41, 5.74) is 2.51. The molecular weight excluding hydrogens is 250 g/mol. The van der Waals surface area contributed by atoms with Gasteiger partial charge in [0.25, 0.3) is 0 Å². The van der Waals surface area contributed by atoms with E-state index in [9.17, 15) is 0 Å². The van der Waals surface area contributed by atoms with Crippen LogP contribution in [0.2, 0.25) is 0 Å². The monoisotopic (exact) mass is 277 g/mol. The fourth-order valence-electron chi connectivity index (χ4n) is 3.02. The van der Waals surface area contributed by atoms with Crippen molar-refractivity contribution < 1.29 is 4.74 Å². The Morgan fingerprint density at radius 2 is 2.30 bits per heavy atom. The van der Waals surface area contributed by atoms with Gasteiger partial charge in [0.05, 0.1) is 12.3 Å².